The molecule has 0 saturated carbocycles. The molecule has 0 amide bonds. The first-order valence-corrected chi connectivity index (χ1v) is 7.63. The van der Waals surface area contributed by atoms with E-state index in [2.05, 4.69) is 20.8 Å². The summed E-state index contributed by atoms with van der Waals surface area (Å²) in [7, 11) is -1.93. The lowest BCUT2D eigenvalue weighted by Crippen LogP contribution is -2.35. The van der Waals surface area contributed by atoms with Crippen molar-refractivity contribution in [3.63, 3.8) is 0 Å². The number of hydrogen-bond donors (Lipinski definition) is 3. The van der Waals surface area contributed by atoms with E-state index in [1.54, 1.807) is 0 Å². The first-order valence-electron chi connectivity index (χ1n) is 6.15. The zero-order valence-corrected chi connectivity index (χ0v) is 11.3. The van der Waals surface area contributed by atoms with Crippen LogP contribution in [-0.2, 0) is 23.1 Å². The van der Waals surface area contributed by atoms with Crippen molar-refractivity contribution in [3.8, 4) is 0 Å². The standard InChI is InChI=1S/C12H19N3O2S/c1-13-18(16,17)15-9-7-11-5-2-4-10-6-3-8-14-12(10)11/h2,4-5,13-15H,3,6-9H2,1H3. The van der Waals surface area contributed by atoms with Crippen LogP contribution in [0.4, 0.5) is 5.69 Å². The summed E-state index contributed by atoms with van der Waals surface area (Å²) in [4.78, 5) is 0. The van der Waals surface area contributed by atoms with E-state index < -0.39 is 10.2 Å². The number of aryl methyl sites for hydroxylation is 1. The fourth-order valence-electron chi connectivity index (χ4n) is 2.18. The number of para-hydroxylation sites is 1. The van der Waals surface area contributed by atoms with Gasteiger partial charge < -0.3 is 5.32 Å². The molecule has 6 heteroatoms. The molecule has 0 fully saturated rings. The summed E-state index contributed by atoms with van der Waals surface area (Å²) in [6.07, 6.45) is 2.94. The van der Waals surface area contributed by atoms with Crippen LogP contribution in [0.2, 0.25) is 0 Å². The zero-order chi connectivity index (χ0) is 13.0. The van der Waals surface area contributed by atoms with Crippen molar-refractivity contribution < 1.29 is 8.42 Å². The molecule has 0 radical (unpaired) electrons. The van der Waals surface area contributed by atoms with Crippen LogP contribution < -0.4 is 14.8 Å². The van der Waals surface area contributed by atoms with Crippen molar-refractivity contribution in [1.29, 1.82) is 0 Å². The summed E-state index contributed by atoms with van der Waals surface area (Å²) < 4.78 is 27.2. The van der Waals surface area contributed by atoms with Crippen LogP contribution in [0.5, 0.6) is 0 Å². The summed E-state index contributed by atoms with van der Waals surface area (Å²) in [5, 5.41) is 3.40. The molecule has 1 aromatic rings. The quantitative estimate of drug-likeness (QED) is 0.735. The molecule has 0 saturated heterocycles. The van der Waals surface area contributed by atoms with Crippen LogP contribution >= 0.6 is 0 Å². The molecule has 2 rings (SSSR count). The molecule has 0 unspecified atom stereocenters. The maximum Gasteiger partial charge on any atom is 0.276 e. The average Bonchev–Trinajstić information content (AvgIpc) is 2.39. The summed E-state index contributed by atoms with van der Waals surface area (Å²) in [6.45, 7) is 1.40. The normalized spacial score (nSPS) is 14.9. The van der Waals surface area contributed by atoms with Crippen molar-refractivity contribution in [1.82, 2.24) is 9.44 Å². The second-order valence-corrected chi connectivity index (χ2v) is 6.04. The van der Waals surface area contributed by atoms with E-state index in [1.807, 2.05) is 12.1 Å². The first-order chi connectivity index (χ1) is 8.62. The average molecular weight is 269 g/mol. The highest BCUT2D eigenvalue weighted by molar-refractivity contribution is 7.87. The van der Waals surface area contributed by atoms with Gasteiger partial charge in [0, 0.05) is 25.8 Å². The van der Waals surface area contributed by atoms with Crippen molar-refractivity contribution in [2.45, 2.75) is 19.3 Å². The minimum absolute atomic E-state index is 0.404. The molecule has 1 heterocycles. The number of anilines is 1. The van der Waals surface area contributed by atoms with Gasteiger partial charge in [0.25, 0.3) is 10.2 Å². The molecule has 0 aromatic heterocycles. The second-order valence-electron chi connectivity index (χ2n) is 4.33. The van der Waals surface area contributed by atoms with Crippen LogP contribution in [0, 0.1) is 0 Å². The van der Waals surface area contributed by atoms with Crippen molar-refractivity contribution in [3.05, 3.63) is 29.3 Å². The highest BCUT2D eigenvalue weighted by atomic mass is 32.2. The minimum Gasteiger partial charge on any atom is -0.385 e. The van der Waals surface area contributed by atoms with Gasteiger partial charge in [-0.15, -0.1) is 0 Å². The van der Waals surface area contributed by atoms with E-state index in [4.69, 9.17) is 0 Å². The smallest absolute Gasteiger partial charge is 0.276 e. The summed E-state index contributed by atoms with van der Waals surface area (Å²) in [5.74, 6) is 0. The number of hydrogen-bond acceptors (Lipinski definition) is 3. The maximum atomic E-state index is 11.2. The fraction of sp³-hybridized carbons (Fsp3) is 0.500. The van der Waals surface area contributed by atoms with Gasteiger partial charge >= 0.3 is 0 Å². The molecule has 1 aromatic carbocycles. The van der Waals surface area contributed by atoms with Crippen molar-refractivity contribution >= 4 is 15.9 Å². The fourth-order valence-corrected chi connectivity index (χ4v) is 2.70. The SMILES string of the molecule is CNS(=O)(=O)NCCc1cccc2c1NCCC2. The molecule has 0 spiro atoms. The van der Waals surface area contributed by atoms with Gasteiger partial charge in [0.15, 0.2) is 0 Å². The van der Waals surface area contributed by atoms with E-state index in [-0.39, 0.29) is 0 Å². The third-order valence-electron chi connectivity index (χ3n) is 3.12. The topological polar surface area (TPSA) is 70.2 Å². The molecular formula is C12H19N3O2S. The molecule has 0 bridgehead atoms. The van der Waals surface area contributed by atoms with Gasteiger partial charge in [-0.1, -0.05) is 18.2 Å². The predicted octanol–water partition coefficient (Wildman–Crippen LogP) is 0.641. The highest BCUT2D eigenvalue weighted by Crippen LogP contribution is 2.26. The van der Waals surface area contributed by atoms with E-state index in [0.29, 0.717) is 13.0 Å². The second kappa shape index (κ2) is 5.69. The third kappa shape index (κ3) is 3.22. The lowest BCUT2D eigenvalue weighted by atomic mass is 9.98. The molecule has 3 N–H and O–H groups in total. The van der Waals surface area contributed by atoms with E-state index >= 15 is 0 Å². The summed E-state index contributed by atoms with van der Waals surface area (Å²) in [5.41, 5.74) is 3.69. The molecule has 0 aliphatic carbocycles. The van der Waals surface area contributed by atoms with Crippen LogP contribution in [0.3, 0.4) is 0 Å². The van der Waals surface area contributed by atoms with Gasteiger partial charge in [-0.25, -0.2) is 9.44 Å². The predicted molar refractivity (Wildman–Crippen MR) is 72.9 cm³/mol. The van der Waals surface area contributed by atoms with E-state index in [0.717, 1.165) is 19.4 Å². The van der Waals surface area contributed by atoms with Crippen LogP contribution in [0.25, 0.3) is 0 Å². The maximum absolute atomic E-state index is 11.2. The van der Waals surface area contributed by atoms with Gasteiger partial charge in [-0.05, 0) is 30.4 Å². The van der Waals surface area contributed by atoms with Crippen LogP contribution in [0.15, 0.2) is 18.2 Å². The van der Waals surface area contributed by atoms with Crippen molar-refractivity contribution in [2.75, 3.05) is 25.5 Å². The summed E-state index contributed by atoms with van der Waals surface area (Å²) in [6, 6.07) is 6.21. The Morgan fingerprint density at radius 3 is 3.00 bits per heavy atom. The Morgan fingerprint density at radius 2 is 2.22 bits per heavy atom. The number of fused-ring (bicyclic) bond motifs is 1. The van der Waals surface area contributed by atoms with Crippen LogP contribution in [0.1, 0.15) is 17.5 Å². The Morgan fingerprint density at radius 1 is 1.39 bits per heavy atom. The van der Waals surface area contributed by atoms with E-state index in [1.165, 1.54) is 23.9 Å². The number of nitrogens with one attached hydrogen (secondary N) is 3. The largest absolute Gasteiger partial charge is 0.385 e. The Hall–Kier alpha value is -1.11. The van der Waals surface area contributed by atoms with Gasteiger partial charge in [0.1, 0.15) is 0 Å². The Labute approximate surface area is 108 Å². The molecule has 1 aliphatic heterocycles. The lowest BCUT2D eigenvalue weighted by Gasteiger charge is -2.21. The molecule has 5 nitrogen and oxygen atoms in total. The Kier molecular flexibility index (Phi) is 4.21. The van der Waals surface area contributed by atoms with Crippen molar-refractivity contribution in [2.24, 2.45) is 0 Å². The minimum atomic E-state index is -3.33. The monoisotopic (exact) mass is 269 g/mol. The number of benzene rings is 1. The van der Waals surface area contributed by atoms with Gasteiger partial charge in [0.05, 0.1) is 0 Å². The molecule has 100 valence electrons. The molecule has 1 aliphatic rings. The zero-order valence-electron chi connectivity index (χ0n) is 10.5. The first kappa shape index (κ1) is 13.3. The number of rotatable bonds is 5. The molecule has 0 atom stereocenters. The molecule has 18 heavy (non-hydrogen) atoms. The Balaban J connectivity index is 2.02. The van der Waals surface area contributed by atoms with E-state index in [9.17, 15) is 8.42 Å². The van der Waals surface area contributed by atoms with Crippen LogP contribution in [-0.4, -0.2) is 28.6 Å². The lowest BCUT2D eigenvalue weighted by molar-refractivity contribution is 0.573. The van der Waals surface area contributed by atoms with Gasteiger partial charge in [-0.3, -0.25) is 0 Å². The summed E-state index contributed by atoms with van der Waals surface area (Å²) >= 11 is 0. The Bertz CT molecular complexity index is 514. The molecular weight excluding hydrogens is 250 g/mol. The highest BCUT2D eigenvalue weighted by Gasteiger charge is 2.12. The van der Waals surface area contributed by atoms with Gasteiger partial charge in [0.2, 0.25) is 0 Å². The third-order valence-corrected chi connectivity index (χ3v) is 4.24. The van der Waals surface area contributed by atoms with Gasteiger partial charge in [-0.2, -0.15) is 8.42 Å².